The first kappa shape index (κ1) is 40.2. The number of carbonyl (C=O) groups excluding carboxylic acids is 3. The molecule has 9 nitrogen and oxygen atoms in total. The first-order valence-corrected chi connectivity index (χ1v) is 11.1. The van der Waals surface area contributed by atoms with Crippen molar-refractivity contribution >= 4 is 17.7 Å². The van der Waals surface area contributed by atoms with Crippen molar-refractivity contribution in [3.05, 3.63) is 11.8 Å². The summed E-state index contributed by atoms with van der Waals surface area (Å²) < 4.78 is 29.2. The molecular formula is C26H52O9. The molecule has 1 rings (SSSR count). The van der Waals surface area contributed by atoms with Crippen LogP contribution in [-0.4, -0.2) is 65.9 Å². The van der Waals surface area contributed by atoms with E-state index in [9.17, 15) is 14.4 Å². The van der Waals surface area contributed by atoms with E-state index in [4.69, 9.17) is 23.7 Å². The summed E-state index contributed by atoms with van der Waals surface area (Å²) in [6.07, 6.45) is 5.04. The van der Waals surface area contributed by atoms with Crippen molar-refractivity contribution in [3.63, 3.8) is 0 Å². The molecule has 3 unspecified atom stereocenters. The zero-order valence-electron chi connectivity index (χ0n) is 21.8. The SMILES string of the molecule is C.C.CO/C=C(\C)CCC(C)=O.COC(=O)CCC(C)C(OC)OC.COC1OC(=O)CCC1C. The highest BCUT2D eigenvalue weighted by molar-refractivity contribution is 5.75. The van der Waals surface area contributed by atoms with Gasteiger partial charge in [0.25, 0.3) is 0 Å². The minimum absolute atomic E-state index is 0. The maximum Gasteiger partial charge on any atom is 0.308 e. The van der Waals surface area contributed by atoms with Gasteiger partial charge < -0.3 is 33.2 Å². The van der Waals surface area contributed by atoms with Crippen LogP contribution in [0.3, 0.4) is 0 Å². The summed E-state index contributed by atoms with van der Waals surface area (Å²) in [6, 6.07) is 0. The molecular weight excluding hydrogens is 456 g/mol. The lowest BCUT2D eigenvalue weighted by Crippen LogP contribution is -2.32. The Bertz CT molecular complexity index is 571. The lowest BCUT2D eigenvalue weighted by atomic mass is 10.0. The number of esters is 2. The second kappa shape index (κ2) is 25.1. The number of hydrogen-bond acceptors (Lipinski definition) is 9. The molecule has 0 bridgehead atoms. The second-order valence-corrected chi connectivity index (χ2v) is 7.94. The summed E-state index contributed by atoms with van der Waals surface area (Å²) in [6.45, 7) is 7.54. The summed E-state index contributed by atoms with van der Waals surface area (Å²) in [5.41, 5.74) is 1.11. The molecule has 210 valence electrons. The summed E-state index contributed by atoms with van der Waals surface area (Å²) >= 11 is 0. The highest BCUT2D eigenvalue weighted by Crippen LogP contribution is 2.20. The van der Waals surface area contributed by atoms with Crippen LogP contribution in [0.2, 0.25) is 0 Å². The van der Waals surface area contributed by atoms with Gasteiger partial charge in [-0.05, 0) is 38.7 Å². The molecule has 0 aromatic heterocycles. The van der Waals surface area contributed by atoms with Gasteiger partial charge in [0, 0.05) is 52.4 Å². The number of ketones is 1. The van der Waals surface area contributed by atoms with Gasteiger partial charge in [0.1, 0.15) is 5.78 Å². The maximum absolute atomic E-state index is 10.8. The number of ether oxygens (including phenoxy) is 6. The number of methoxy groups -OCH3 is 5. The highest BCUT2D eigenvalue weighted by Gasteiger charge is 2.26. The molecule has 1 saturated heterocycles. The molecule has 1 heterocycles. The van der Waals surface area contributed by atoms with Crippen molar-refractivity contribution in [2.45, 2.75) is 93.7 Å². The van der Waals surface area contributed by atoms with Crippen LogP contribution in [0.5, 0.6) is 0 Å². The molecule has 0 N–H and O–H groups in total. The molecule has 0 aromatic carbocycles. The Morgan fingerprint density at radius 3 is 2.00 bits per heavy atom. The Labute approximate surface area is 213 Å². The third-order valence-electron chi connectivity index (χ3n) is 4.90. The van der Waals surface area contributed by atoms with E-state index in [1.54, 1.807) is 41.6 Å². The van der Waals surface area contributed by atoms with E-state index in [-0.39, 0.29) is 51.1 Å². The highest BCUT2D eigenvalue weighted by atomic mass is 16.7. The van der Waals surface area contributed by atoms with Gasteiger partial charge in [0.2, 0.25) is 6.29 Å². The molecule has 3 atom stereocenters. The van der Waals surface area contributed by atoms with Crippen LogP contribution < -0.4 is 0 Å². The Morgan fingerprint density at radius 2 is 1.60 bits per heavy atom. The van der Waals surface area contributed by atoms with Gasteiger partial charge in [-0.2, -0.15) is 0 Å². The molecule has 35 heavy (non-hydrogen) atoms. The summed E-state index contributed by atoms with van der Waals surface area (Å²) in [7, 11) is 7.72. The number of cyclic esters (lactones) is 1. The molecule has 0 aromatic rings. The normalized spacial score (nSPS) is 17.7. The third kappa shape index (κ3) is 22.3. The van der Waals surface area contributed by atoms with E-state index in [0.29, 0.717) is 31.6 Å². The Morgan fingerprint density at radius 1 is 1.03 bits per heavy atom. The predicted octanol–water partition coefficient (Wildman–Crippen LogP) is 5.30. The first-order valence-electron chi connectivity index (χ1n) is 11.1. The standard InChI is InChI=1S/C9H18O4.C8H14O2.C7H12O3.2CH4/c1-7(9(12-3)13-4)5-6-8(10)11-2;1-7(6-10-3)4-5-8(2)9;1-5-3-4-6(8)10-7(5)9-2;;/h7,9H,5-6H2,1-4H3;6H,4-5H2,1-3H3;5,7H,3-4H2,1-2H3;2*1H4/b;7-6+;;;. The first-order chi connectivity index (χ1) is 15.6. The Kier molecular flexibility index (Phi) is 28.9. The fourth-order valence-corrected chi connectivity index (χ4v) is 2.84. The molecule has 1 aliphatic rings. The lowest BCUT2D eigenvalue weighted by Gasteiger charge is -2.26. The van der Waals surface area contributed by atoms with Crippen LogP contribution in [0.4, 0.5) is 0 Å². The van der Waals surface area contributed by atoms with Crippen molar-refractivity contribution < 1.29 is 42.8 Å². The number of allylic oxidation sites excluding steroid dienone is 1. The van der Waals surface area contributed by atoms with Gasteiger partial charge in [0.15, 0.2) is 6.29 Å². The molecule has 9 heteroatoms. The average Bonchev–Trinajstić information content (AvgIpc) is 2.79. The van der Waals surface area contributed by atoms with Crippen LogP contribution in [-0.2, 0) is 42.8 Å². The molecule has 0 spiro atoms. The monoisotopic (exact) mass is 508 g/mol. The number of Topliss-reactive ketones (excluding diaryl/α,β-unsaturated/α-hetero) is 1. The largest absolute Gasteiger partial charge is 0.504 e. The number of carbonyl (C=O) groups is 3. The van der Waals surface area contributed by atoms with Crippen LogP contribution in [0.15, 0.2) is 11.8 Å². The van der Waals surface area contributed by atoms with Crippen molar-refractivity contribution in [2.24, 2.45) is 11.8 Å². The van der Waals surface area contributed by atoms with Crippen molar-refractivity contribution in [3.8, 4) is 0 Å². The summed E-state index contributed by atoms with van der Waals surface area (Å²) in [4.78, 5) is 32.0. The summed E-state index contributed by atoms with van der Waals surface area (Å²) in [5, 5.41) is 0. The molecule has 0 aliphatic carbocycles. The fraction of sp³-hybridized carbons (Fsp3) is 0.808. The number of rotatable bonds is 11. The molecule has 1 aliphatic heterocycles. The maximum atomic E-state index is 10.8. The van der Waals surface area contributed by atoms with Crippen LogP contribution in [0.1, 0.15) is 81.1 Å². The quantitative estimate of drug-likeness (QED) is 0.209. The molecule has 0 saturated carbocycles. The zero-order valence-corrected chi connectivity index (χ0v) is 21.8. The zero-order chi connectivity index (χ0) is 25.8. The predicted molar refractivity (Wildman–Crippen MR) is 138 cm³/mol. The minimum atomic E-state index is -0.318. The van der Waals surface area contributed by atoms with Gasteiger partial charge >= 0.3 is 11.9 Å². The van der Waals surface area contributed by atoms with Crippen molar-refractivity contribution in [2.75, 3.05) is 35.5 Å². The third-order valence-corrected chi connectivity index (χ3v) is 4.90. The van der Waals surface area contributed by atoms with Gasteiger partial charge in [-0.15, -0.1) is 0 Å². The van der Waals surface area contributed by atoms with Gasteiger partial charge in [-0.25, -0.2) is 0 Å². The molecule has 1 fully saturated rings. The molecule has 0 radical (unpaired) electrons. The van der Waals surface area contributed by atoms with E-state index in [0.717, 1.165) is 18.4 Å². The van der Waals surface area contributed by atoms with Crippen LogP contribution in [0, 0.1) is 11.8 Å². The van der Waals surface area contributed by atoms with Gasteiger partial charge in [0.05, 0.1) is 20.5 Å². The Hall–Kier alpha value is -1.97. The second-order valence-electron chi connectivity index (χ2n) is 7.94. The summed E-state index contributed by atoms with van der Waals surface area (Å²) in [5.74, 6) is 0.406. The van der Waals surface area contributed by atoms with Crippen molar-refractivity contribution in [1.29, 1.82) is 0 Å². The van der Waals surface area contributed by atoms with Crippen LogP contribution in [0.25, 0.3) is 0 Å². The van der Waals surface area contributed by atoms with Gasteiger partial charge in [-0.3, -0.25) is 9.59 Å². The van der Waals surface area contributed by atoms with E-state index in [1.807, 2.05) is 20.8 Å². The lowest BCUT2D eigenvalue weighted by molar-refractivity contribution is -0.194. The van der Waals surface area contributed by atoms with Gasteiger partial charge in [-0.1, -0.05) is 28.7 Å². The van der Waals surface area contributed by atoms with E-state index in [2.05, 4.69) is 4.74 Å². The Balaban J connectivity index is -0.000000202. The average molecular weight is 509 g/mol. The minimum Gasteiger partial charge on any atom is -0.504 e. The topological polar surface area (TPSA) is 107 Å². The van der Waals surface area contributed by atoms with E-state index in [1.165, 1.54) is 7.11 Å². The number of hydrogen-bond donors (Lipinski definition) is 0. The smallest absolute Gasteiger partial charge is 0.308 e. The van der Waals surface area contributed by atoms with E-state index < -0.39 is 0 Å². The molecule has 0 amide bonds. The van der Waals surface area contributed by atoms with Crippen molar-refractivity contribution in [1.82, 2.24) is 0 Å². The van der Waals surface area contributed by atoms with Crippen LogP contribution >= 0.6 is 0 Å². The fourth-order valence-electron chi connectivity index (χ4n) is 2.84. The van der Waals surface area contributed by atoms with E-state index >= 15 is 0 Å².